The number of alkyl halides is 2. The van der Waals surface area contributed by atoms with Crippen molar-refractivity contribution < 1.29 is 23.0 Å². The monoisotopic (exact) mass is 346 g/mol. The van der Waals surface area contributed by atoms with Crippen molar-refractivity contribution in [2.75, 3.05) is 26.3 Å². The molecule has 0 aromatic carbocycles. The number of ether oxygens (including phenoxy) is 2. The second-order valence-electron chi connectivity index (χ2n) is 5.76. The third kappa shape index (κ3) is 3.90. The number of rotatable bonds is 3. The fourth-order valence-electron chi connectivity index (χ4n) is 2.61. The Hall–Kier alpha value is -1.47. The van der Waals surface area contributed by atoms with Gasteiger partial charge in [0.15, 0.2) is 0 Å². The summed E-state index contributed by atoms with van der Waals surface area (Å²) in [6, 6.07) is 1.47. The minimum absolute atomic E-state index is 0.0289. The molecule has 2 fully saturated rings. The Morgan fingerprint density at radius 2 is 2.17 bits per heavy atom. The molecule has 2 aliphatic heterocycles. The summed E-state index contributed by atoms with van der Waals surface area (Å²) in [5.74, 6) is -2.78. The van der Waals surface area contributed by atoms with Crippen molar-refractivity contribution in [3.8, 4) is 5.88 Å². The molecule has 2 aliphatic rings. The van der Waals surface area contributed by atoms with Gasteiger partial charge in [0.05, 0.1) is 18.8 Å². The van der Waals surface area contributed by atoms with E-state index in [0.29, 0.717) is 13.2 Å². The molecule has 0 spiro atoms. The Morgan fingerprint density at radius 3 is 2.78 bits per heavy atom. The zero-order valence-corrected chi connectivity index (χ0v) is 13.2. The highest BCUT2D eigenvalue weighted by atomic mass is 35.5. The van der Waals surface area contributed by atoms with Crippen molar-refractivity contribution in [1.29, 1.82) is 0 Å². The molecular weight excluding hydrogens is 330 g/mol. The van der Waals surface area contributed by atoms with Gasteiger partial charge < -0.3 is 14.4 Å². The molecule has 3 heterocycles. The second kappa shape index (κ2) is 6.57. The maximum atomic E-state index is 13.2. The summed E-state index contributed by atoms with van der Waals surface area (Å²) in [4.78, 5) is 17.8. The minimum atomic E-state index is -2.69. The number of halogens is 3. The van der Waals surface area contributed by atoms with Crippen LogP contribution >= 0.6 is 11.6 Å². The van der Waals surface area contributed by atoms with E-state index in [1.807, 2.05) is 0 Å². The quantitative estimate of drug-likeness (QED) is 0.844. The molecule has 0 saturated carbocycles. The largest absolute Gasteiger partial charge is 0.471 e. The molecule has 23 heavy (non-hydrogen) atoms. The number of aromatic nitrogens is 1. The number of piperidine rings is 1. The highest BCUT2D eigenvalue weighted by molar-refractivity contribution is 6.32. The summed E-state index contributed by atoms with van der Waals surface area (Å²) in [6.45, 7) is 1.18. The van der Waals surface area contributed by atoms with Gasteiger partial charge in [-0.25, -0.2) is 13.8 Å². The van der Waals surface area contributed by atoms with Gasteiger partial charge in [-0.3, -0.25) is 4.79 Å². The summed E-state index contributed by atoms with van der Waals surface area (Å²) in [6.07, 6.45) is 1.41. The minimum Gasteiger partial charge on any atom is -0.471 e. The number of likely N-dealkylation sites (tertiary alicyclic amines) is 1. The first-order valence-electron chi connectivity index (χ1n) is 7.52. The number of hydrogen-bond acceptors (Lipinski definition) is 4. The molecule has 0 unspecified atom stereocenters. The van der Waals surface area contributed by atoms with Crippen molar-refractivity contribution in [2.45, 2.75) is 31.3 Å². The Kier molecular flexibility index (Phi) is 4.68. The normalized spacial score (nSPS) is 23.8. The lowest BCUT2D eigenvalue weighted by atomic mass is 10.1. The molecule has 8 heteroatoms. The van der Waals surface area contributed by atoms with Gasteiger partial charge in [-0.2, -0.15) is 0 Å². The van der Waals surface area contributed by atoms with Gasteiger partial charge in [0.1, 0.15) is 11.1 Å². The van der Waals surface area contributed by atoms with Gasteiger partial charge in [0.25, 0.3) is 11.8 Å². The van der Waals surface area contributed by atoms with Crippen LogP contribution < -0.4 is 4.74 Å². The predicted molar refractivity (Wildman–Crippen MR) is 79.2 cm³/mol. The van der Waals surface area contributed by atoms with E-state index >= 15 is 0 Å². The van der Waals surface area contributed by atoms with Crippen LogP contribution in [-0.4, -0.2) is 54.1 Å². The van der Waals surface area contributed by atoms with E-state index < -0.39 is 5.92 Å². The van der Waals surface area contributed by atoms with Crippen LogP contribution in [-0.2, 0) is 4.74 Å². The van der Waals surface area contributed by atoms with Crippen LogP contribution in [0.25, 0.3) is 0 Å². The maximum absolute atomic E-state index is 13.2. The Morgan fingerprint density at radius 1 is 1.43 bits per heavy atom. The molecule has 3 rings (SSSR count). The van der Waals surface area contributed by atoms with Crippen LogP contribution in [0.2, 0.25) is 5.02 Å². The average molecular weight is 347 g/mol. The van der Waals surface area contributed by atoms with E-state index in [1.54, 1.807) is 0 Å². The summed E-state index contributed by atoms with van der Waals surface area (Å²) in [5, 5.41) is 0.227. The molecule has 1 amide bonds. The third-order valence-electron chi connectivity index (χ3n) is 4.00. The first-order valence-corrected chi connectivity index (χ1v) is 7.89. The second-order valence-corrected chi connectivity index (χ2v) is 6.17. The highest BCUT2D eigenvalue weighted by Crippen LogP contribution is 2.29. The number of pyridine rings is 1. The lowest BCUT2D eigenvalue weighted by molar-refractivity contribution is -0.0494. The molecule has 1 aromatic heterocycles. The number of carbonyl (C=O) groups is 1. The maximum Gasteiger partial charge on any atom is 0.255 e. The van der Waals surface area contributed by atoms with Gasteiger partial charge in [-0.1, -0.05) is 11.6 Å². The fraction of sp³-hybridized carbons (Fsp3) is 0.600. The Labute approximate surface area is 137 Å². The summed E-state index contributed by atoms with van der Waals surface area (Å²) < 4.78 is 37.1. The zero-order chi connectivity index (χ0) is 16.4. The van der Waals surface area contributed by atoms with Gasteiger partial charge in [-0.15, -0.1) is 0 Å². The number of amides is 1. The first kappa shape index (κ1) is 16.4. The van der Waals surface area contributed by atoms with Crippen molar-refractivity contribution >= 4 is 17.5 Å². The molecule has 0 radical (unpaired) electrons. The topological polar surface area (TPSA) is 51.7 Å². The van der Waals surface area contributed by atoms with Gasteiger partial charge in [-0.05, 0) is 6.07 Å². The molecule has 0 bridgehead atoms. The van der Waals surface area contributed by atoms with E-state index in [9.17, 15) is 13.6 Å². The highest BCUT2D eigenvalue weighted by Gasteiger charge is 2.36. The summed E-state index contributed by atoms with van der Waals surface area (Å²) in [7, 11) is 0. The molecule has 0 N–H and O–H groups in total. The van der Waals surface area contributed by atoms with E-state index in [2.05, 4.69) is 4.98 Å². The molecule has 2 saturated heterocycles. The Balaban J connectivity index is 1.66. The van der Waals surface area contributed by atoms with Crippen LogP contribution in [0, 0.1) is 0 Å². The number of carbonyl (C=O) groups excluding carboxylic acids is 1. The van der Waals surface area contributed by atoms with Gasteiger partial charge in [0.2, 0.25) is 5.88 Å². The van der Waals surface area contributed by atoms with Crippen molar-refractivity contribution in [3.63, 3.8) is 0 Å². The van der Waals surface area contributed by atoms with Crippen LogP contribution in [0.3, 0.4) is 0 Å². The van der Waals surface area contributed by atoms with Gasteiger partial charge in [0, 0.05) is 38.5 Å². The standard InChI is InChI=1S/C15H17ClF2N2O3/c16-12-7-10(8-19-13(12)23-11-1-6-22-9-11)14(21)20-4-2-15(17,18)3-5-20/h7-8,11H,1-6,9H2/t11-/m1/s1. The van der Waals surface area contributed by atoms with E-state index in [-0.39, 0.29) is 54.4 Å². The third-order valence-corrected chi connectivity index (χ3v) is 4.27. The number of hydrogen-bond donors (Lipinski definition) is 0. The Bertz CT molecular complexity index is 584. The van der Waals surface area contributed by atoms with Crippen molar-refractivity contribution in [3.05, 3.63) is 22.8 Å². The fourth-order valence-corrected chi connectivity index (χ4v) is 2.82. The average Bonchev–Trinajstić information content (AvgIpc) is 3.02. The van der Waals surface area contributed by atoms with Crippen LogP contribution in [0.4, 0.5) is 8.78 Å². The van der Waals surface area contributed by atoms with Crippen LogP contribution in [0.1, 0.15) is 29.6 Å². The molecule has 126 valence electrons. The van der Waals surface area contributed by atoms with Crippen molar-refractivity contribution in [1.82, 2.24) is 9.88 Å². The van der Waals surface area contributed by atoms with E-state index in [4.69, 9.17) is 21.1 Å². The van der Waals surface area contributed by atoms with Crippen molar-refractivity contribution in [2.24, 2.45) is 0 Å². The first-order chi connectivity index (χ1) is 10.9. The summed E-state index contributed by atoms with van der Waals surface area (Å²) in [5.41, 5.74) is 0.273. The number of nitrogens with zero attached hydrogens (tertiary/aromatic N) is 2. The molecular formula is C15H17ClF2N2O3. The smallest absolute Gasteiger partial charge is 0.255 e. The zero-order valence-electron chi connectivity index (χ0n) is 12.4. The van der Waals surface area contributed by atoms with Gasteiger partial charge >= 0.3 is 0 Å². The summed E-state index contributed by atoms with van der Waals surface area (Å²) >= 11 is 6.12. The van der Waals surface area contributed by atoms with Crippen LogP contribution in [0.15, 0.2) is 12.3 Å². The lowest BCUT2D eigenvalue weighted by Gasteiger charge is -2.31. The molecule has 0 aliphatic carbocycles. The SMILES string of the molecule is O=C(c1cnc(O[C@@H]2CCOC2)c(Cl)c1)N1CCC(F)(F)CC1. The molecule has 1 atom stereocenters. The van der Waals surface area contributed by atoms with E-state index in [1.165, 1.54) is 17.2 Å². The predicted octanol–water partition coefficient (Wildman–Crippen LogP) is 2.77. The molecule has 5 nitrogen and oxygen atoms in total. The molecule has 1 aromatic rings. The van der Waals surface area contributed by atoms with E-state index in [0.717, 1.165) is 6.42 Å². The lowest BCUT2D eigenvalue weighted by Crippen LogP contribution is -2.42. The van der Waals surface area contributed by atoms with Crippen LogP contribution in [0.5, 0.6) is 5.88 Å².